The predicted octanol–water partition coefficient (Wildman–Crippen LogP) is 2.38. The molecule has 0 radical (unpaired) electrons. The van der Waals surface area contributed by atoms with E-state index in [0.29, 0.717) is 24.7 Å². The van der Waals surface area contributed by atoms with E-state index in [-0.39, 0.29) is 29.1 Å². The summed E-state index contributed by atoms with van der Waals surface area (Å²) >= 11 is 0. The first-order valence-electron chi connectivity index (χ1n) is 9.72. The highest BCUT2D eigenvalue weighted by molar-refractivity contribution is 5.91. The van der Waals surface area contributed by atoms with Crippen LogP contribution in [-0.2, 0) is 4.79 Å². The summed E-state index contributed by atoms with van der Waals surface area (Å²) in [5, 5.41) is 30.9. The van der Waals surface area contributed by atoms with Crippen LogP contribution in [0.1, 0.15) is 52.4 Å². The molecule has 2 unspecified atom stereocenters. The van der Waals surface area contributed by atoms with E-state index in [1.54, 1.807) is 0 Å². The van der Waals surface area contributed by atoms with E-state index in [9.17, 15) is 20.1 Å². The Kier molecular flexibility index (Phi) is 4.02. The molecule has 0 aromatic rings. The summed E-state index contributed by atoms with van der Waals surface area (Å²) < 4.78 is 0. The minimum atomic E-state index is -0.819. The lowest BCUT2D eigenvalue weighted by molar-refractivity contribution is -0.126. The van der Waals surface area contributed by atoms with Gasteiger partial charge in [0.05, 0.1) is 18.8 Å². The number of aliphatic hydroxyl groups is 3. The molecule has 0 heterocycles. The molecule has 0 spiro atoms. The number of fused-ring (bicyclic) bond motifs is 5. The number of ketones is 1. The maximum Gasteiger partial charge on any atom is 0.155 e. The van der Waals surface area contributed by atoms with Gasteiger partial charge in [-0.25, -0.2) is 0 Å². The Morgan fingerprint density at radius 2 is 2.04 bits per heavy atom. The van der Waals surface area contributed by atoms with Gasteiger partial charge in [-0.1, -0.05) is 25.5 Å². The first-order chi connectivity index (χ1) is 11.8. The van der Waals surface area contributed by atoms with Crippen LogP contribution in [0.25, 0.3) is 0 Å². The van der Waals surface area contributed by atoms with Crippen molar-refractivity contribution in [2.24, 2.45) is 28.6 Å². The van der Waals surface area contributed by atoms with E-state index < -0.39 is 12.2 Å². The zero-order chi connectivity index (χ0) is 18.0. The summed E-state index contributed by atoms with van der Waals surface area (Å²) in [7, 11) is 0. The van der Waals surface area contributed by atoms with Gasteiger partial charge in [-0.3, -0.25) is 4.79 Å². The Morgan fingerprint density at radius 1 is 1.28 bits per heavy atom. The normalized spacial score (nSPS) is 47.3. The standard InChI is InChI=1S/C21H30O4/c1-20-8-7-13(23)9-12(20)3-4-14-15-5-6-16(18(25)11-22)21(15,2)10-17(24)19(14)20/h6,9,14-15,17-19,22,24-25H,3-5,7-8,10-11H2,1-2H3/t14-,15-,17?,18?,19+,20-,21-/m0/s1. The van der Waals surface area contributed by atoms with Crippen molar-refractivity contribution in [1.82, 2.24) is 0 Å². The fourth-order valence-corrected chi connectivity index (χ4v) is 6.90. The molecular formula is C21H30O4. The van der Waals surface area contributed by atoms with Gasteiger partial charge in [0.25, 0.3) is 0 Å². The van der Waals surface area contributed by atoms with Crippen LogP contribution in [0.4, 0.5) is 0 Å². The number of carbonyl (C=O) groups excluding carboxylic acids is 1. The van der Waals surface area contributed by atoms with Gasteiger partial charge >= 0.3 is 0 Å². The van der Waals surface area contributed by atoms with Gasteiger partial charge in [-0.05, 0) is 72.3 Å². The van der Waals surface area contributed by atoms with Crippen molar-refractivity contribution in [3.63, 3.8) is 0 Å². The van der Waals surface area contributed by atoms with Crippen molar-refractivity contribution in [2.75, 3.05) is 6.61 Å². The molecule has 0 aliphatic heterocycles. The molecular weight excluding hydrogens is 316 g/mol. The molecule has 4 heteroatoms. The Bertz CT molecular complexity index is 650. The zero-order valence-corrected chi connectivity index (χ0v) is 15.2. The van der Waals surface area contributed by atoms with E-state index in [1.165, 1.54) is 5.57 Å². The first kappa shape index (κ1) is 17.4. The first-order valence-corrected chi connectivity index (χ1v) is 9.72. The molecule has 0 aromatic heterocycles. The summed E-state index contributed by atoms with van der Waals surface area (Å²) in [5.41, 5.74) is 1.86. The molecule has 4 rings (SSSR count). The summed E-state index contributed by atoms with van der Waals surface area (Å²) in [6.45, 7) is 4.15. The van der Waals surface area contributed by atoms with Crippen LogP contribution in [0.2, 0.25) is 0 Å². The summed E-state index contributed by atoms with van der Waals surface area (Å²) in [6.07, 6.45) is 7.66. The van der Waals surface area contributed by atoms with E-state index in [2.05, 4.69) is 19.9 Å². The smallest absolute Gasteiger partial charge is 0.155 e. The molecule has 0 amide bonds. The van der Waals surface area contributed by atoms with Crippen LogP contribution in [0.15, 0.2) is 23.3 Å². The second-order valence-corrected chi connectivity index (χ2v) is 9.17. The number of aliphatic hydroxyl groups excluding tert-OH is 3. The molecule has 4 nitrogen and oxygen atoms in total. The second-order valence-electron chi connectivity index (χ2n) is 9.17. The van der Waals surface area contributed by atoms with Gasteiger partial charge in [0.1, 0.15) is 0 Å². The van der Waals surface area contributed by atoms with Gasteiger partial charge in [0.15, 0.2) is 5.78 Å². The third-order valence-corrected chi connectivity index (χ3v) is 8.07. The largest absolute Gasteiger partial charge is 0.393 e. The molecule has 2 fully saturated rings. The van der Waals surface area contributed by atoms with Gasteiger partial charge in [-0.2, -0.15) is 0 Å². The van der Waals surface area contributed by atoms with Crippen LogP contribution in [0.3, 0.4) is 0 Å². The molecule has 0 aromatic carbocycles. The molecule has 4 aliphatic rings. The summed E-state index contributed by atoms with van der Waals surface area (Å²) in [5.74, 6) is 1.24. The van der Waals surface area contributed by atoms with Crippen molar-refractivity contribution in [3.8, 4) is 0 Å². The number of hydrogen-bond acceptors (Lipinski definition) is 4. The van der Waals surface area contributed by atoms with E-state index in [4.69, 9.17) is 0 Å². The average Bonchev–Trinajstić information content (AvgIpc) is 2.91. The highest BCUT2D eigenvalue weighted by Gasteiger charge is 2.60. The number of hydrogen-bond donors (Lipinski definition) is 3. The minimum absolute atomic E-state index is 0.0735. The van der Waals surface area contributed by atoms with Crippen LogP contribution in [-0.4, -0.2) is 39.9 Å². The molecule has 138 valence electrons. The Hall–Kier alpha value is -0.970. The van der Waals surface area contributed by atoms with Gasteiger partial charge in [0, 0.05) is 6.42 Å². The van der Waals surface area contributed by atoms with Gasteiger partial charge in [-0.15, -0.1) is 0 Å². The number of rotatable bonds is 2. The SMILES string of the molecule is C[C@]12CCC(=O)C=C1CC[C@@H]1[C@@H]2C(O)C[C@]2(C)C(C(O)CO)=CC[C@@H]12. The maximum atomic E-state index is 11.9. The lowest BCUT2D eigenvalue weighted by Gasteiger charge is -2.59. The number of allylic oxidation sites excluding steroid dienone is 3. The van der Waals surface area contributed by atoms with Crippen LogP contribution < -0.4 is 0 Å². The topological polar surface area (TPSA) is 77.8 Å². The maximum absolute atomic E-state index is 11.9. The van der Waals surface area contributed by atoms with Gasteiger partial charge in [0.2, 0.25) is 0 Å². The quantitative estimate of drug-likeness (QED) is 0.671. The van der Waals surface area contributed by atoms with Crippen molar-refractivity contribution < 1.29 is 20.1 Å². The summed E-state index contributed by atoms with van der Waals surface area (Å²) in [6, 6.07) is 0. The monoisotopic (exact) mass is 346 g/mol. The number of carbonyl (C=O) groups is 1. The fourth-order valence-electron chi connectivity index (χ4n) is 6.90. The Labute approximate surface area is 149 Å². The minimum Gasteiger partial charge on any atom is -0.393 e. The highest BCUT2D eigenvalue weighted by atomic mass is 16.3. The third-order valence-electron chi connectivity index (χ3n) is 8.07. The molecule has 0 bridgehead atoms. The van der Waals surface area contributed by atoms with Gasteiger partial charge < -0.3 is 15.3 Å². The van der Waals surface area contributed by atoms with Crippen molar-refractivity contribution in [3.05, 3.63) is 23.3 Å². The molecule has 3 N–H and O–H groups in total. The lowest BCUT2D eigenvalue weighted by atomic mass is 9.46. The Balaban J connectivity index is 1.70. The fraction of sp³-hybridized carbons (Fsp3) is 0.762. The van der Waals surface area contributed by atoms with E-state index >= 15 is 0 Å². The van der Waals surface area contributed by atoms with Crippen LogP contribution in [0.5, 0.6) is 0 Å². The Morgan fingerprint density at radius 3 is 2.76 bits per heavy atom. The van der Waals surface area contributed by atoms with Crippen molar-refractivity contribution in [1.29, 1.82) is 0 Å². The molecule has 7 atom stereocenters. The summed E-state index contributed by atoms with van der Waals surface area (Å²) in [4.78, 5) is 11.9. The van der Waals surface area contributed by atoms with Crippen LogP contribution >= 0.6 is 0 Å². The molecule has 2 saturated carbocycles. The predicted molar refractivity (Wildman–Crippen MR) is 94.7 cm³/mol. The third kappa shape index (κ3) is 2.34. The van der Waals surface area contributed by atoms with E-state index in [1.807, 2.05) is 6.08 Å². The highest BCUT2D eigenvalue weighted by Crippen LogP contribution is 2.65. The zero-order valence-electron chi connectivity index (χ0n) is 15.2. The molecule has 4 aliphatic carbocycles. The lowest BCUT2D eigenvalue weighted by Crippen LogP contribution is -2.56. The molecule has 25 heavy (non-hydrogen) atoms. The average molecular weight is 346 g/mol. The second kappa shape index (κ2) is 5.77. The van der Waals surface area contributed by atoms with Crippen molar-refractivity contribution in [2.45, 2.75) is 64.6 Å². The van der Waals surface area contributed by atoms with Crippen molar-refractivity contribution >= 4 is 5.78 Å². The van der Waals surface area contributed by atoms with Crippen LogP contribution in [0, 0.1) is 28.6 Å². The van der Waals surface area contributed by atoms with E-state index in [0.717, 1.165) is 31.3 Å². The molecule has 0 saturated heterocycles.